The number of esters is 1. The Balaban J connectivity index is 1.48. The summed E-state index contributed by atoms with van der Waals surface area (Å²) >= 11 is 0. The minimum absolute atomic E-state index is 0.0968. The molecule has 13 nitrogen and oxygen atoms in total. The van der Waals surface area contributed by atoms with Crippen LogP contribution in [0, 0.1) is 11.8 Å². The highest BCUT2D eigenvalue weighted by molar-refractivity contribution is 7.88. The molecule has 0 bridgehead atoms. The van der Waals surface area contributed by atoms with Crippen molar-refractivity contribution in [3.05, 3.63) is 35.9 Å². The van der Waals surface area contributed by atoms with E-state index in [9.17, 15) is 27.6 Å². The second kappa shape index (κ2) is 16.3. The number of carbonyl (C=O) groups is 4. The molecule has 4 N–H and O–H groups in total. The zero-order valence-corrected chi connectivity index (χ0v) is 28.5. The molecule has 3 amide bonds. The standard InChI is InChI=1S/C32H50N6O7S/c1-22(2)30(42)45-32(3,4)16-13-27(39)35-31(33)37-18-14-24(15-19-37)21-34-28(40)26-12-9-17-38(26)29(41)25(36-46(5,43)44)20-23-10-7-6-8-11-23/h6-8,10-11,22,24-26,36H,9,12-21H2,1-5H3,(H,34,40)(H2,33,35,39)/t25-,26+/m1/s1. The van der Waals surface area contributed by atoms with E-state index in [0.29, 0.717) is 45.4 Å². The molecular formula is C32H50N6O7S. The fourth-order valence-electron chi connectivity index (χ4n) is 5.62. The van der Waals surface area contributed by atoms with Gasteiger partial charge in [0.25, 0.3) is 0 Å². The lowest BCUT2D eigenvalue weighted by atomic mass is 9.97. The second-order valence-electron chi connectivity index (χ2n) is 13.2. The third-order valence-corrected chi connectivity index (χ3v) is 9.02. The molecule has 256 valence electrons. The SMILES string of the molecule is CC(C)C(=O)OC(C)(C)CCC(=O)N=C(N)N1CCC(CNC(=O)[C@@H]2CCCN2C(=O)[C@@H](Cc2ccccc2)NS(C)(=O)=O)CC1. The molecule has 46 heavy (non-hydrogen) atoms. The van der Waals surface area contributed by atoms with Gasteiger partial charge in [0.05, 0.1) is 12.2 Å². The first-order valence-corrected chi connectivity index (χ1v) is 17.9. The highest BCUT2D eigenvalue weighted by Gasteiger charge is 2.38. The molecule has 2 atom stereocenters. The molecule has 0 aromatic heterocycles. The topological polar surface area (TPSA) is 181 Å². The molecule has 0 aliphatic carbocycles. The lowest BCUT2D eigenvalue weighted by molar-refractivity contribution is -0.161. The molecule has 2 fully saturated rings. The van der Waals surface area contributed by atoms with Crippen molar-refractivity contribution >= 4 is 39.7 Å². The van der Waals surface area contributed by atoms with E-state index in [1.54, 1.807) is 27.7 Å². The van der Waals surface area contributed by atoms with E-state index in [0.717, 1.165) is 24.7 Å². The van der Waals surface area contributed by atoms with E-state index in [1.807, 2.05) is 35.2 Å². The molecule has 0 saturated carbocycles. The molecule has 2 aliphatic heterocycles. The van der Waals surface area contributed by atoms with Crippen molar-refractivity contribution in [2.75, 3.05) is 32.4 Å². The number of hydrogen-bond acceptors (Lipinski definition) is 7. The van der Waals surface area contributed by atoms with Gasteiger partial charge >= 0.3 is 5.97 Å². The molecule has 1 aromatic rings. The first kappa shape index (κ1) is 36.9. The summed E-state index contributed by atoms with van der Waals surface area (Å²) in [5, 5.41) is 3.00. The summed E-state index contributed by atoms with van der Waals surface area (Å²) in [7, 11) is -3.67. The van der Waals surface area contributed by atoms with Crippen molar-refractivity contribution in [3.8, 4) is 0 Å². The van der Waals surface area contributed by atoms with Gasteiger partial charge in [-0.15, -0.1) is 0 Å². The van der Waals surface area contributed by atoms with E-state index >= 15 is 0 Å². The number of likely N-dealkylation sites (tertiary alicyclic amines) is 2. The van der Waals surface area contributed by atoms with Crippen molar-refractivity contribution in [2.24, 2.45) is 22.6 Å². The third kappa shape index (κ3) is 11.7. The Morgan fingerprint density at radius 2 is 1.72 bits per heavy atom. The van der Waals surface area contributed by atoms with Crippen molar-refractivity contribution < 1.29 is 32.3 Å². The highest BCUT2D eigenvalue weighted by Crippen LogP contribution is 2.22. The normalized spacial score (nSPS) is 18.8. The molecular weight excluding hydrogens is 612 g/mol. The predicted molar refractivity (Wildman–Crippen MR) is 175 cm³/mol. The molecule has 3 rings (SSSR count). The van der Waals surface area contributed by atoms with Crippen LogP contribution in [0.5, 0.6) is 0 Å². The van der Waals surface area contributed by atoms with E-state index in [-0.39, 0.29) is 48.4 Å². The summed E-state index contributed by atoms with van der Waals surface area (Å²) < 4.78 is 32.1. The Morgan fingerprint density at radius 3 is 2.33 bits per heavy atom. The number of piperidine rings is 1. The smallest absolute Gasteiger partial charge is 0.308 e. The maximum Gasteiger partial charge on any atom is 0.308 e. The van der Waals surface area contributed by atoms with Crippen molar-refractivity contribution in [1.82, 2.24) is 19.8 Å². The van der Waals surface area contributed by atoms with Gasteiger partial charge in [0.2, 0.25) is 27.7 Å². The number of benzene rings is 1. The Bertz CT molecular complexity index is 1360. The van der Waals surface area contributed by atoms with Crippen LogP contribution in [0.1, 0.15) is 71.8 Å². The average Bonchev–Trinajstić information content (AvgIpc) is 3.48. The van der Waals surface area contributed by atoms with E-state index in [1.165, 1.54) is 4.90 Å². The lowest BCUT2D eigenvalue weighted by Crippen LogP contribution is -2.54. The van der Waals surface area contributed by atoms with Crippen LogP contribution < -0.4 is 15.8 Å². The summed E-state index contributed by atoms with van der Waals surface area (Å²) in [6.07, 6.45) is 4.24. The number of sulfonamides is 1. The predicted octanol–water partition coefficient (Wildman–Crippen LogP) is 1.57. The Hall–Kier alpha value is -3.52. The van der Waals surface area contributed by atoms with Crippen LogP contribution in [-0.2, 0) is 40.4 Å². The lowest BCUT2D eigenvalue weighted by Gasteiger charge is -2.33. The van der Waals surface area contributed by atoms with Crippen LogP contribution in [-0.4, -0.2) is 98.0 Å². The Kier molecular flexibility index (Phi) is 13.1. The fourth-order valence-corrected chi connectivity index (χ4v) is 6.32. The largest absolute Gasteiger partial charge is 0.459 e. The monoisotopic (exact) mass is 662 g/mol. The molecule has 2 aliphatic rings. The molecule has 1 aromatic carbocycles. The van der Waals surface area contributed by atoms with Gasteiger partial charge in [-0.2, -0.15) is 4.99 Å². The zero-order chi connectivity index (χ0) is 34.1. The molecule has 2 saturated heterocycles. The third-order valence-electron chi connectivity index (χ3n) is 8.31. The molecule has 14 heteroatoms. The Morgan fingerprint density at radius 1 is 1.07 bits per heavy atom. The average molecular weight is 663 g/mol. The van der Waals surface area contributed by atoms with Crippen LogP contribution in [0.2, 0.25) is 0 Å². The summed E-state index contributed by atoms with van der Waals surface area (Å²) in [6.45, 7) is 9.00. The molecule has 0 radical (unpaired) electrons. The van der Waals surface area contributed by atoms with Gasteiger partial charge in [0.15, 0.2) is 5.96 Å². The first-order valence-electron chi connectivity index (χ1n) is 16.0. The van der Waals surface area contributed by atoms with Gasteiger partial charge in [0, 0.05) is 32.6 Å². The fraction of sp³-hybridized carbons (Fsp3) is 0.656. The van der Waals surface area contributed by atoms with Crippen LogP contribution in [0.4, 0.5) is 0 Å². The number of rotatable bonds is 13. The molecule has 0 unspecified atom stereocenters. The minimum Gasteiger partial charge on any atom is -0.459 e. The molecule has 0 spiro atoms. The number of carbonyl (C=O) groups excluding carboxylic acids is 4. The quantitative estimate of drug-likeness (QED) is 0.161. The van der Waals surface area contributed by atoms with Gasteiger partial charge in [-0.1, -0.05) is 44.2 Å². The maximum absolute atomic E-state index is 13.5. The number of nitrogens with zero attached hydrogens (tertiary/aromatic N) is 3. The van der Waals surface area contributed by atoms with Crippen LogP contribution in [0.25, 0.3) is 0 Å². The highest BCUT2D eigenvalue weighted by atomic mass is 32.2. The van der Waals surface area contributed by atoms with Gasteiger partial charge in [0.1, 0.15) is 17.7 Å². The summed E-state index contributed by atoms with van der Waals surface area (Å²) in [5.41, 5.74) is 6.16. The number of ether oxygens (including phenoxy) is 1. The summed E-state index contributed by atoms with van der Waals surface area (Å²) in [4.78, 5) is 58.5. The first-order chi connectivity index (χ1) is 21.5. The maximum atomic E-state index is 13.5. The van der Waals surface area contributed by atoms with E-state index in [4.69, 9.17) is 10.5 Å². The summed E-state index contributed by atoms with van der Waals surface area (Å²) in [6, 6.07) is 7.48. The number of aliphatic imine (C=N–C) groups is 1. The zero-order valence-electron chi connectivity index (χ0n) is 27.7. The Labute approximate surface area is 272 Å². The molecule has 2 heterocycles. The van der Waals surface area contributed by atoms with Gasteiger partial charge in [-0.3, -0.25) is 19.2 Å². The van der Waals surface area contributed by atoms with Crippen LogP contribution >= 0.6 is 0 Å². The van der Waals surface area contributed by atoms with Crippen molar-refractivity contribution in [1.29, 1.82) is 0 Å². The van der Waals surface area contributed by atoms with Crippen molar-refractivity contribution in [2.45, 2.75) is 90.3 Å². The van der Waals surface area contributed by atoms with Gasteiger partial charge < -0.3 is 25.6 Å². The van der Waals surface area contributed by atoms with Gasteiger partial charge in [-0.05, 0) is 63.9 Å². The second-order valence-corrected chi connectivity index (χ2v) is 15.0. The van der Waals surface area contributed by atoms with Gasteiger partial charge in [-0.25, -0.2) is 13.1 Å². The number of amides is 3. The summed E-state index contributed by atoms with van der Waals surface area (Å²) in [5.74, 6) is -1.28. The number of guanidine groups is 1. The minimum atomic E-state index is -3.67. The van der Waals surface area contributed by atoms with Crippen LogP contribution in [0.15, 0.2) is 35.3 Å². The van der Waals surface area contributed by atoms with Crippen LogP contribution in [0.3, 0.4) is 0 Å². The van der Waals surface area contributed by atoms with E-state index < -0.39 is 33.6 Å². The number of nitrogens with one attached hydrogen (secondary N) is 2. The van der Waals surface area contributed by atoms with E-state index in [2.05, 4.69) is 15.0 Å². The number of hydrogen-bond donors (Lipinski definition) is 3. The van der Waals surface area contributed by atoms with Crippen molar-refractivity contribution in [3.63, 3.8) is 0 Å². The number of nitrogens with two attached hydrogens (primary N) is 1.